The lowest BCUT2D eigenvalue weighted by Crippen LogP contribution is -2.42. The molecule has 0 aliphatic rings. The molecule has 0 fully saturated rings. The third-order valence-electron chi connectivity index (χ3n) is 2.54. The van der Waals surface area contributed by atoms with Gasteiger partial charge >= 0.3 is 12.1 Å². The van der Waals surface area contributed by atoms with Crippen molar-refractivity contribution >= 4 is 29.0 Å². The van der Waals surface area contributed by atoms with E-state index in [4.69, 9.17) is 11.6 Å². The quantitative estimate of drug-likeness (QED) is 0.757. The Morgan fingerprint density at radius 1 is 1.15 bits per heavy atom. The van der Waals surface area contributed by atoms with Crippen LogP contribution in [-0.4, -0.2) is 30.3 Å². The molecule has 0 aromatic heterocycles. The van der Waals surface area contributed by atoms with Gasteiger partial charge in [-0.05, 0) is 18.6 Å². The van der Waals surface area contributed by atoms with E-state index in [1.54, 1.807) is 6.07 Å². The lowest BCUT2D eigenvalue weighted by Gasteiger charge is -2.23. The van der Waals surface area contributed by atoms with E-state index < -0.39 is 12.1 Å². The Bertz CT molecular complexity index is 462. The highest BCUT2D eigenvalue weighted by Crippen LogP contribution is 2.23. The molecule has 1 amide bonds. The average molecular weight is 308 g/mol. The van der Waals surface area contributed by atoms with Gasteiger partial charge < -0.3 is 4.90 Å². The molecule has 110 valence electrons. The van der Waals surface area contributed by atoms with E-state index in [1.165, 1.54) is 24.3 Å². The lowest BCUT2D eigenvalue weighted by atomic mass is 10.2. The maximum atomic E-state index is 12.6. The number of amides is 1. The molecular weight excluding hydrogens is 295 g/mol. The highest BCUT2D eigenvalue weighted by Gasteiger charge is 2.42. The molecule has 20 heavy (non-hydrogen) atoms. The first-order valence-electron chi connectivity index (χ1n) is 5.87. The summed E-state index contributed by atoms with van der Waals surface area (Å²) in [6.45, 7) is -0.189. The Morgan fingerprint density at radius 3 is 2.25 bits per heavy atom. The maximum absolute atomic E-state index is 12.6. The Kier molecular flexibility index (Phi) is 6.01. The second-order valence-corrected chi connectivity index (χ2v) is 4.33. The Labute approximate surface area is 119 Å². The first-order valence-corrected chi connectivity index (χ1v) is 6.41. The average Bonchev–Trinajstić information content (AvgIpc) is 2.42. The van der Waals surface area contributed by atoms with Gasteiger partial charge in [-0.3, -0.25) is 9.59 Å². The van der Waals surface area contributed by atoms with Crippen molar-refractivity contribution < 1.29 is 22.8 Å². The molecule has 0 bridgehead atoms. The number of Topliss-reactive ketones (excluding diaryl/α,β-unsaturated/α-hetero) is 1. The molecule has 0 saturated heterocycles. The Balaban J connectivity index is 2.81. The summed E-state index contributed by atoms with van der Waals surface area (Å²) in [6.07, 6.45) is -4.79. The van der Waals surface area contributed by atoms with E-state index in [9.17, 15) is 22.8 Å². The van der Waals surface area contributed by atoms with Crippen LogP contribution in [0.1, 0.15) is 12.8 Å². The molecule has 0 heterocycles. The van der Waals surface area contributed by atoms with Crippen LogP contribution < -0.4 is 4.90 Å². The summed E-state index contributed by atoms with van der Waals surface area (Å²) in [4.78, 5) is 23.1. The fourth-order valence-corrected chi connectivity index (χ4v) is 1.74. The number of hydrogen-bond acceptors (Lipinski definition) is 2. The van der Waals surface area contributed by atoms with Gasteiger partial charge in [-0.2, -0.15) is 13.2 Å². The molecule has 1 aromatic carbocycles. The molecule has 0 radical (unpaired) electrons. The van der Waals surface area contributed by atoms with Crippen molar-refractivity contribution in [2.75, 3.05) is 17.3 Å². The number of carbonyl (C=O) groups excluding carboxylic acids is 2. The molecule has 0 aliphatic heterocycles. The zero-order valence-electron chi connectivity index (χ0n) is 10.5. The van der Waals surface area contributed by atoms with Crippen molar-refractivity contribution in [3.8, 4) is 0 Å². The monoisotopic (exact) mass is 307 g/mol. The van der Waals surface area contributed by atoms with E-state index in [2.05, 4.69) is 0 Å². The summed E-state index contributed by atoms with van der Waals surface area (Å²) < 4.78 is 37.7. The van der Waals surface area contributed by atoms with E-state index in [1.807, 2.05) is 0 Å². The van der Waals surface area contributed by atoms with Crippen LogP contribution in [0.2, 0.25) is 0 Å². The van der Waals surface area contributed by atoms with Gasteiger partial charge in [-0.25, -0.2) is 0 Å². The van der Waals surface area contributed by atoms with Crippen LogP contribution in [0.25, 0.3) is 0 Å². The third kappa shape index (κ3) is 4.85. The van der Waals surface area contributed by atoms with Crippen LogP contribution in [0.15, 0.2) is 30.3 Å². The topological polar surface area (TPSA) is 37.4 Å². The minimum Gasteiger partial charge on any atom is -0.305 e. The first kappa shape index (κ1) is 16.5. The molecule has 0 saturated carbocycles. The first-order chi connectivity index (χ1) is 9.36. The number of benzene rings is 1. The van der Waals surface area contributed by atoms with Gasteiger partial charge in [-0.15, -0.1) is 11.6 Å². The van der Waals surface area contributed by atoms with Gasteiger partial charge in [0.15, 0.2) is 0 Å². The minimum atomic E-state index is -4.95. The van der Waals surface area contributed by atoms with Crippen LogP contribution in [0.3, 0.4) is 0 Å². The number of halogens is 4. The number of alkyl halides is 4. The molecule has 0 spiro atoms. The summed E-state index contributed by atoms with van der Waals surface area (Å²) in [6, 6.07) is 7.53. The number of hydrogen-bond donors (Lipinski definition) is 0. The van der Waals surface area contributed by atoms with Crippen LogP contribution >= 0.6 is 11.6 Å². The number of carbonyl (C=O) groups is 2. The van der Waals surface area contributed by atoms with E-state index in [0.717, 1.165) is 0 Å². The van der Waals surface area contributed by atoms with E-state index in [0.29, 0.717) is 4.90 Å². The standard InChI is InChI=1S/C13H13ClF3NO2/c14-9-11(19)7-4-8-18(12(20)13(15,16)17)10-5-2-1-3-6-10/h1-3,5-6H,4,7-9H2. The van der Waals surface area contributed by atoms with Gasteiger partial charge in [0.1, 0.15) is 5.78 Å². The fraction of sp³-hybridized carbons (Fsp3) is 0.385. The fourth-order valence-electron chi connectivity index (χ4n) is 1.61. The van der Waals surface area contributed by atoms with Gasteiger partial charge in [0.25, 0.3) is 0 Å². The molecule has 0 aliphatic carbocycles. The van der Waals surface area contributed by atoms with Crippen molar-refractivity contribution in [1.29, 1.82) is 0 Å². The molecule has 0 unspecified atom stereocenters. The summed E-state index contributed by atoms with van der Waals surface area (Å²) in [7, 11) is 0. The van der Waals surface area contributed by atoms with Gasteiger partial charge in [-0.1, -0.05) is 18.2 Å². The third-order valence-corrected chi connectivity index (χ3v) is 2.84. The molecule has 3 nitrogen and oxygen atoms in total. The van der Waals surface area contributed by atoms with Gasteiger partial charge in [0.2, 0.25) is 0 Å². The zero-order valence-corrected chi connectivity index (χ0v) is 11.2. The van der Waals surface area contributed by atoms with Gasteiger partial charge in [0, 0.05) is 18.7 Å². The van der Waals surface area contributed by atoms with E-state index in [-0.39, 0.29) is 36.7 Å². The number of nitrogens with zero attached hydrogens (tertiary/aromatic N) is 1. The zero-order chi connectivity index (χ0) is 15.2. The molecular formula is C13H13ClF3NO2. The highest BCUT2D eigenvalue weighted by atomic mass is 35.5. The molecule has 1 aromatic rings. The number of para-hydroxylation sites is 1. The van der Waals surface area contributed by atoms with Crippen molar-refractivity contribution in [3.63, 3.8) is 0 Å². The van der Waals surface area contributed by atoms with E-state index >= 15 is 0 Å². The van der Waals surface area contributed by atoms with Crippen molar-refractivity contribution in [2.24, 2.45) is 0 Å². The highest BCUT2D eigenvalue weighted by molar-refractivity contribution is 6.27. The number of ketones is 1. The SMILES string of the molecule is O=C(CCl)CCCN(C(=O)C(F)(F)F)c1ccccc1. The minimum absolute atomic E-state index is 0.0397. The van der Waals surface area contributed by atoms with Crippen LogP contribution in [0, 0.1) is 0 Å². The smallest absolute Gasteiger partial charge is 0.305 e. The second-order valence-electron chi connectivity index (χ2n) is 4.07. The summed E-state index contributed by atoms with van der Waals surface area (Å²) in [5.41, 5.74) is 0.146. The predicted octanol–water partition coefficient (Wildman–Crippen LogP) is 3.17. The largest absolute Gasteiger partial charge is 0.471 e. The maximum Gasteiger partial charge on any atom is 0.471 e. The predicted molar refractivity (Wildman–Crippen MR) is 69.8 cm³/mol. The molecule has 7 heteroatoms. The second kappa shape index (κ2) is 7.28. The van der Waals surface area contributed by atoms with Crippen molar-refractivity contribution in [3.05, 3.63) is 30.3 Å². The molecule has 0 N–H and O–H groups in total. The number of anilines is 1. The molecule has 1 rings (SSSR count). The summed E-state index contributed by atoms with van der Waals surface area (Å²) >= 11 is 5.31. The van der Waals surface area contributed by atoms with Gasteiger partial charge in [0.05, 0.1) is 5.88 Å². The number of rotatable bonds is 6. The summed E-state index contributed by atoms with van der Waals surface area (Å²) in [5, 5.41) is 0. The van der Waals surface area contributed by atoms with Crippen LogP contribution in [0.4, 0.5) is 18.9 Å². The van der Waals surface area contributed by atoms with Crippen LogP contribution in [0.5, 0.6) is 0 Å². The Morgan fingerprint density at radius 2 is 1.75 bits per heavy atom. The van der Waals surface area contributed by atoms with Crippen LogP contribution in [-0.2, 0) is 9.59 Å². The summed E-state index contributed by atoms with van der Waals surface area (Å²) in [5.74, 6) is -2.39. The Hall–Kier alpha value is -1.56. The molecule has 0 atom stereocenters. The normalized spacial score (nSPS) is 11.2. The van der Waals surface area contributed by atoms with Crippen molar-refractivity contribution in [1.82, 2.24) is 0 Å². The lowest BCUT2D eigenvalue weighted by molar-refractivity contribution is -0.170. The van der Waals surface area contributed by atoms with Crippen molar-refractivity contribution in [2.45, 2.75) is 19.0 Å².